The van der Waals surface area contributed by atoms with Gasteiger partial charge in [0.1, 0.15) is 0 Å². The molecule has 3 aliphatic rings. The van der Waals surface area contributed by atoms with Gasteiger partial charge in [-0.2, -0.15) is 0 Å². The number of anilines is 1. The lowest BCUT2D eigenvalue weighted by Crippen LogP contribution is -2.50. The number of likely N-dealkylation sites (N-methyl/N-ethyl adjacent to an activating group) is 1. The first-order valence-corrected chi connectivity index (χ1v) is 14.4. The number of piperazine rings is 1. The van der Waals surface area contributed by atoms with Gasteiger partial charge in [-0.25, -0.2) is 4.98 Å². The highest BCUT2D eigenvalue weighted by atomic mass is 16.2. The molecule has 0 bridgehead atoms. The van der Waals surface area contributed by atoms with Gasteiger partial charge in [0.2, 0.25) is 5.82 Å². The number of hydrogen-bond donors (Lipinski definition) is 2. The number of carbonyl (C=O) groups excluding carboxylic acids is 1. The van der Waals surface area contributed by atoms with Gasteiger partial charge in [0.25, 0.3) is 5.82 Å². The van der Waals surface area contributed by atoms with E-state index in [0.29, 0.717) is 11.3 Å². The minimum atomic E-state index is -0.311. The molecule has 2 fully saturated rings. The number of nitrogens with zero attached hydrogens (tertiary/aromatic N) is 4. The lowest BCUT2D eigenvalue weighted by molar-refractivity contribution is 0.0787. The summed E-state index contributed by atoms with van der Waals surface area (Å²) in [5, 5.41) is 3.08. The number of H-pyrrole nitrogens is 1. The lowest BCUT2D eigenvalue weighted by atomic mass is 9.76. The Bertz CT molecular complexity index is 1210. The third kappa shape index (κ3) is 6.03. The van der Waals surface area contributed by atoms with E-state index >= 15 is 0 Å². The number of imidazole rings is 1. The summed E-state index contributed by atoms with van der Waals surface area (Å²) in [6.45, 7) is 20.0. The quantitative estimate of drug-likeness (QED) is 0.434. The predicted molar refractivity (Wildman–Crippen MR) is 154 cm³/mol. The van der Waals surface area contributed by atoms with Crippen LogP contribution in [0.1, 0.15) is 93.4 Å². The van der Waals surface area contributed by atoms with Gasteiger partial charge < -0.3 is 15.1 Å². The maximum Gasteiger partial charge on any atom is 0.314 e. The van der Waals surface area contributed by atoms with Gasteiger partial charge in [-0.3, -0.25) is 14.7 Å². The van der Waals surface area contributed by atoms with Crippen molar-refractivity contribution in [3.8, 4) is 0 Å². The summed E-state index contributed by atoms with van der Waals surface area (Å²) in [7, 11) is 0. The van der Waals surface area contributed by atoms with E-state index < -0.39 is 0 Å². The molecule has 7 nitrogen and oxygen atoms in total. The average molecular weight is 515 g/mol. The fraction of sp³-hybridized carbons (Fsp3) is 0.581. The van der Waals surface area contributed by atoms with Crippen LogP contribution in [-0.4, -0.2) is 64.4 Å². The maximum atomic E-state index is 13.0. The summed E-state index contributed by atoms with van der Waals surface area (Å²) in [6, 6.07) is 7.36. The Morgan fingerprint density at radius 1 is 1.18 bits per heavy atom. The van der Waals surface area contributed by atoms with Crippen molar-refractivity contribution in [2.75, 3.05) is 38.0 Å². The minimum absolute atomic E-state index is 0.169. The van der Waals surface area contributed by atoms with E-state index in [-0.39, 0.29) is 17.5 Å². The Morgan fingerprint density at radius 2 is 1.95 bits per heavy atom. The van der Waals surface area contributed by atoms with Gasteiger partial charge >= 0.3 is 5.91 Å². The fourth-order valence-corrected chi connectivity index (χ4v) is 6.40. The number of aromatic amines is 1. The van der Waals surface area contributed by atoms with Crippen molar-refractivity contribution in [1.29, 1.82) is 0 Å². The fourth-order valence-electron chi connectivity index (χ4n) is 6.40. The zero-order chi connectivity index (χ0) is 26.7. The molecule has 202 valence electrons. The number of amides is 1. The standard InChI is InChI=1S/C31H42N6O/c1-5-36-16-18-37(19-17-36)25-9-6-22(7-10-25)24-8-11-27(34-30(38)29-33-21-28(32-4)35-29)26(20-24)23-12-14-31(2,3)15-13-23/h8,11-12,20-22,25H,5-7,9-10,13-19H2,1-3H3,(H,33,35)(H,34,38). The number of aromatic nitrogens is 2. The molecule has 1 amide bonds. The van der Waals surface area contributed by atoms with Crippen LogP contribution in [0.3, 0.4) is 0 Å². The summed E-state index contributed by atoms with van der Waals surface area (Å²) in [5.74, 6) is 0.696. The van der Waals surface area contributed by atoms with Crippen molar-refractivity contribution in [3.05, 3.63) is 58.8 Å². The molecule has 1 aromatic carbocycles. The first-order chi connectivity index (χ1) is 18.3. The van der Waals surface area contributed by atoms with E-state index in [1.807, 2.05) is 0 Å². The van der Waals surface area contributed by atoms with Gasteiger partial charge in [-0.05, 0) is 86.1 Å². The first-order valence-electron chi connectivity index (χ1n) is 14.4. The molecule has 2 heterocycles. The normalized spacial score (nSPS) is 24.4. The van der Waals surface area contributed by atoms with Gasteiger partial charge in [0.05, 0.1) is 6.20 Å². The maximum absolute atomic E-state index is 13.0. The van der Waals surface area contributed by atoms with E-state index in [4.69, 9.17) is 6.57 Å². The van der Waals surface area contributed by atoms with Gasteiger partial charge in [0.15, 0.2) is 0 Å². The summed E-state index contributed by atoms with van der Waals surface area (Å²) in [4.78, 5) is 28.5. The first kappa shape index (κ1) is 26.6. The molecule has 38 heavy (non-hydrogen) atoms. The van der Waals surface area contributed by atoms with Crippen LogP contribution in [0.5, 0.6) is 0 Å². The van der Waals surface area contributed by atoms with Crippen LogP contribution in [0, 0.1) is 12.0 Å². The molecule has 0 unspecified atom stereocenters. The van der Waals surface area contributed by atoms with Crippen LogP contribution in [0.15, 0.2) is 30.5 Å². The number of hydrogen-bond acceptors (Lipinski definition) is 4. The molecular formula is C31H42N6O. The van der Waals surface area contributed by atoms with E-state index in [1.165, 1.54) is 69.2 Å². The van der Waals surface area contributed by atoms with Crippen LogP contribution in [0.4, 0.5) is 11.5 Å². The third-order valence-electron chi connectivity index (χ3n) is 9.05. The number of nitrogens with one attached hydrogen (secondary N) is 2. The second kappa shape index (κ2) is 11.4. The summed E-state index contributed by atoms with van der Waals surface area (Å²) < 4.78 is 0. The molecule has 1 saturated heterocycles. The van der Waals surface area contributed by atoms with Gasteiger partial charge in [-0.15, -0.1) is 0 Å². The Labute approximate surface area is 227 Å². The van der Waals surface area contributed by atoms with E-state index in [9.17, 15) is 4.79 Å². The highest BCUT2D eigenvalue weighted by Crippen LogP contribution is 2.42. The van der Waals surface area contributed by atoms with Crippen molar-refractivity contribution in [3.63, 3.8) is 0 Å². The zero-order valence-corrected chi connectivity index (χ0v) is 23.2. The molecular weight excluding hydrogens is 472 g/mol. The third-order valence-corrected chi connectivity index (χ3v) is 9.05. The number of allylic oxidation sites excluding steroid dienone is 2. The second-order valence-electron chi connectivity index (χ2n) is 12.1. The van der Waals surface area contributed by atoms with Crippen molar-refractivity contribution >= 4 is 23.0 Å². The molecule has 0 spiro atoms. The van der Waals surface area contributed by atoms with Gasteiger partial charge in [0, 0.05) is 43.5 Å². The largest absolute Gasteiger partial charge is 0.363 e. The molecule has 1 aromatic heterocycles. The summed E-state index contributed by atoms with van der Waals surface area (Å²) in [5.41, 5.74) is 5.00. The van der Waals surface area contributed by atoms with Crippen LogP contribution in [0.25, 0.3) is 10.4 Å². The molecule has 1 aliphatic heterocycles. The zero-order valence-electron chi connectivity index (χ0n) is 23.2. The topological polar surface area (TPSA) is 68.6 Å². The Kier molecular flexibility index (Phi) is 8.01. The van der Waals surface area contributed by atoms with E-state index in [0.717, 1.165) is 43.1 Å². The van der Waals surface area contributed by atoms with E-state index in [1.54, 1.807) is 0 Å². The SMILES string of the molecule is [C-]#[N+]c1cnc(C(=O)Nc2ccc(C3CCC(N4CCN(CC)CC4)CC3)cc2C2=CCC(C)(C)CC2)[nH]1. The molecule has 0 radical (unpaired) electrons. The van der Waals surface area contributed by atoms with Crippen LogP contribution in [0.2, 0.25) is 0 Å². The molecule has 2 N–H and O–H groups in total. The molecule has 2 aromatic rings. The van der Waals surface area contributed by atoms with Crippen molar-refractivity contribution in [1.82, 2.24) is 19.8 Å². The molecule has 0 atom stereocenters. The molecule has 7 heteroatoms. The Hall–Kier alpha value is -2.95. The minimum Gasteiger partial charge on any atom is -0.363 e. The van der Waals surface area contributed by atoms with Crippen molar-refractivity contribution in [2.45, 2.75) is 77.7 Å². The molecule has 2 aliphatic carbocycles. The highest BCUT2D eigenvalue weighted by molar-refractivity contribution is 6.03. The van der Waals surface area contributed by atoms with Crippen LogP contribution in [-0.2, 0) is 0 Å². The van der Waals surface area contributed by atoms with Crippen LogP contribution >= 0.6 is 0 Å². The molecule has 1 saturated carbocycles. The average Bonchev–Trinajstić information content (AvgIpc) is 3.43. The number of benzene rings is 1. The van der Waals surface area contributed by atoms with Crippen LogP contribution < -0.4 is 5.32 Å². The summed E-state index contributed by atoms with van der Waals surface area (Å²) >= 11 is 0. The van der Waals surface area contributed by atoms with E-state index in [2.05, 4.69) is 75.0 Å². The lowest BCUT2D eigenvalue weighted by Gasteiger charge is -2.42. The number of carbonyl (C=O) groups is 1. The molecule has 5 rings (SSSR count). The predicted octanol–water partition coefficient (Wildman–Crippen LogP) is 6.47. The smallest absolute Gasteiger partial charge is 0.314 e. The Morgan fingerprint density at radius 3 is 2.58 bits per heavy atom. The van der Waals surface area contributed by atoms with Crippen molar-refractivity contribution in [2.24, 2.45) is 5.41 Å². The highest BCUT2D eigenvalue weighted by Gasteiger charge is 2.30. The monoisotopic (exact) mass is 514 g/mol. The van der Waals surface area contributed by atoms with Crippen molar-refractivity contribution < 1.29 is 4.79 Å². The second-order valence-corrected chi connectivity index (χ2v) is 12.1. The number of rotatable bonds is 6. The summed E-state index contributed by atoms with van der Waals surface area (Å²) in [6.07, 6.45) is 11.9. The van der Waals surface area contributed by atoms with Gasteiger partial charge in [-0.1, -0.05) is 39.5 Å². The Balaban J connectivity index is 1.32.